The molecule has 0 unspecified atom stereocenters. The number of anilines is 1. The van der Waals surface area contributed by atoms with Crippen molar-refractivity contribution in [3.8, 4) is 0 Å². The third-order valence-electron chi connectivity index (χ3n) is 3.36. The largest absolute Gasteiger partial charge is 0.378 e. The van der Waals surface area contributed by atoms with Crippen LogP contribution in [0, 0.1) is 3.57 Å². The third-order valence-corrected chi connectivity index (χ3v) is 5.93. The van der Waals surface area contributed by atoms with E-state index in [1.807, 2.05) is 22.6 Å². The smallest absolute Gasteiger partial charge is 0.263 e. The first kappa shape index (κ1) is 17.5. The average Bonchev–Trinajstić information content (AvgIpc) is 3.07. The monoisotopic (exact) mass is 480 g/mol. The SMILES string of the molecule is O=C(c1ccc(I)cc1S(=O)(=O)Nc1csnn1)N1CCOCC1. The van der Waals surface area contributed by atoms with Gasteiger partial charge in [-0.2, -0.15) is 0 Å². The zero-order valence-corrected chi connectivity index (χ0v) is 16.1. The number of carbonyl (C=O) groups is 1. The molecule has 3 rings (SSSR count). The highest BCUT2D eigenvalue weighted by Gasteiger charge is 2.27. The van der Waals surface area contributed by atoms with Crippen molar-refractivity contribution in [2.45, 2.75) is 4.90 Å². The van der Waals surface area contributed by atoms with E-state index in [1.165, 1.54) is 17.5 Å². The summed E-state index contributed by atoms with van der Waals surface area (Å²) in [6.07, 6.45) is 0. The standard InChI is InChI=1S/C13H13IN4O4S2/c14-9-1-2-10(13(19)18-3-5-22-6-4-18)11(7-9)24(20,21)16-12-8-23-17-15-12/h1-2,7-8,16H,3-6H2. The number of benzene rings is 1. The van der Waals surface area contributed by atoms with Gasteiger partial charge in [-0.05, 0) is 52.3 Å². The van der Waals surface area contributed by atoms with Crippen molar-refractivity contribution in [2.75, 3.05) is 31.0 Å². The van der Waals surface area contributed by atoms with Crippen molar-refractivity contribution in [1.82, 2.24) is 14.5 Å². The molecule has 0 radical (unpaired) electrons. The molecule has 2 heterocycles. The third kappa shape index (κ3) is 3.84. The predicted octanol–water partition coefficient (Wildman–Crippen LogP) is 1.42. The number of halogens is 1. The summed E-state index contributed by atoms with van der Waals surface area (Å²) in [5.74, 6) is -0.199. The highest BCUT2D eigenvalue weighted by Crippen LogP contribution is 2.23. The molecule has 1 aromatic heterocycles. The van der Waals surface area contributed by atoms with Crippen LogP contribution in [0.5, 0.6) is 0 Å². The van der Waals surface area contributed by atoms with Crippen molar-refractivity contribution in [3.63, 3.8) is 0 Å². The van der Waals surface area contributed by atoms with Gasteiger partial charge in [0.2, 0.25) is 0 Å². The van der Waals surface area contributed by atoms with Crippen LogP contribution in [-0.2, 0) is 14.8 Å². The van der Waals surface area contributed by atoms with E-state index in [0.717, 1.165) is 11.5 Å². The number of hydrogen-bond donors (Lipinski definition) is 1. The number of sulfonamides is 1. The van der Waals surface area contributed by atoms with Crippen LogP contribution in [0.4, 0.5) is 5.82 Å². The van der Waals surface area contributed by atoms with Crippen LogP contribution in [-0.4, -0.2) is 55.1 Å². The van der Waals surface area contributed by atoms with E-state index in [2.05, 4.69) is 14.3 Å². The molecular weight excluding hydrogens is 467 g/mol. The minimum Gasteiger partial charge on any atom is -0.378 e. The molecule has 128 valence electrons. The molecule has 1 N–H and O–H groups in total. The van der Waals surface area contributed by atoms with Crippen LogP contribution in [0.25, 0.3) is 0 Å². The fraction of sp³-hybridized carbons (Fsp3) is 0.308. The molecule has 1 aromatic carbocycles. The van der Waals surface area contributed by atoms with E-state index in [0.29, 0.717) is 29.9 Å². The molecular formula is C13H13IN4O4S2. The summed E-state index contributed by atoms with van der Waals surface area (Å²) < 4.78 is 37.3. The van der Waals surface area contributed by atoms with E-state index in [-0.39, 0.29) is 22.2 Å². The van der Waals surface area contributed by atoms with Crippen molar-refractivity contribution >= 4 is 55.9 Å². The Hall–Kier alpha value is -1.31. The Balaban J connectivity index is 1.97. The van der Waals surface area contributed by atoms with Gasteiger partial charge in [0.05, 0.1) is 24.2 Å². The molecule has 0 saturated carbocycles. The maximum absolute atomic E-state index is 12.7. The lowest BCUT2D eigenvalue weighted by Gasteiger charge is -2.27. The van der Waals surface area contributed by atoms with Crippen LogP contribution in [0.1, 0.15) is 10.4 Å². The van der Waals surface area contributed by atoms with Crippen molar-refractivity contribution in [3.05, 3.63) is 32.7 Å². The average molecular weight is 480 g/mol. The van der Waals surface area contributed by atoms with E-state index < -0.39 is 10.0 Å². The summed E-state index contributed by atoms with van der Waals surface area (Å²) in [6.45, 7) is 1.77. The minimum absolute atomic E-state index is 0.0705. The predicted molar refractivity (Wildman–Crippen MR) is 96.6 cm³/mol. The van der Waals surface area contributed by atoms with Gasteiger partial charge < -0.3 is 9.64 Å². The van der Waals surface area contributed by atoms with Crippen LogP contribution < -0.4 is 4.72 Å². The Labute approximate surface area is 156 Å². The maximum atomic E-state index is 12.7. The quantitative estimate of drug-likeness (QED) is 0.665. The second-order valence-electron chi connectivity index (χ2n) is 4.94. The first-order valence-corrected chi connectivity index (χ1v) is 10.3. The number of hydrogen-bond acceptors (Lipinski definition) is 7. The highest BCUT2D eigenvalue weighted by molar-refractivity contribution is 14.1. The summed E-state index contributed by atoms with van der Waals surface area (Å²) in [5, 5.41) is 5.16. The lowest BCUT2D eigenvalue weighted by atomic mass is 10.2. The zero-order chi connectivity index (χ0) is 17.2. The fourth-order valence-electron chi connectivity index (χ4n) is 2.23. The van der Waals surface area contributed by atoms with Crippen LogP contribution in [0.3, 0.4) is 0 Å². The van der Waals surface area contributed by atoms with Gasteiger partial charge in [0.15, 0.2) is 5.82 Å². The number of ether oxygens (including phenoxy) is 1. The summed E-state index contributed by atoms with van der Waals surface area (Å²) in [4.78, 5) is 14.3. The van der Waals surface area contributed by atoms with Gasteiger partial charge in [-0.25, -0.2) is 8.42 Å². The van der Waals surface area contributed by atoms with Gasteiger partial charge in [-0.1, -0.05) is 4.49 Å². The van der Waals surface area contributed by atoms with Crippen LogP contribution >= 0.6 is 34.1 Å². The normalized spacial score (nSPS) is 15.3. The minimum atomic E-state index is -3.95. The number of carbonyl (C=O) groups excluding carboxylic acids is 1. The van der Waals surface area contributed by atoms with E-state index >= 15 is 0 Å². The Morgan fingerprint density at radius 3 is 2.75 bits per heavy atom. The molecule has 0 atom stereocenters. The fourth-order valence-corrected chi connectivity index (χ4v) is 4.61. The van der Waals surface area contributed by atoms with E-state index in [4.69, 9.17) is 4.74 Å². The Kier molecular flexibility index (Phi) is 5.32. The Bertz CT molecular complexity index is 836. The van der Waals surface area contributed by atoms with Crippen LogP contribution in [0.2, 0.25) is 0 Å². The number of nitrogens with zero attached hydrogens (tertiary/aromatic N) is 3. The van der Waals surface area contributed by atoms with E-state index in [1.54, 1.807) is 11.0 Å². The second-order valence-corrected chi connectivity index (χ2v) is 8.45. The van der Waals surface area contributed by atoms with Crippen molar-refractivity contribution in [2.24, 2.45) is 0 Å². The molecule has 0 bridgehead atoms. The summed E-state index contributed by atoms with van der Waals surface area (Å²) >= 11 is 3.04. The van der Waals surface area contributed by atoms with Crippen LogP contribution in [0.15, 0.2) is 28.5 Å². The molecule has 1 aliphatic rings. The number of aromatic nitrogens is 2. The molecule has 8 nitrogen and oxygen atoms in total. The number of rotatable bonds is 4. The van der Waals surface area contributed by atoms with Gasteiger partial charge in [0.25, 0.3) is 15.9 Å². The molecule has 0 spiro atoms. The first-order chi connectivity index (χ1) is 11.5. The van der Waals surface area contributed by atoms with Gasteiger partial charge in [0, 0.05) is 16.7 Å². The molecule has 2 aromatic rings. The Morgan fingerprint density at radius 1 is 1.33 bits per heavy atom. The zero-order valence-electron chi connectivity index (χ0n) is 12.3. The van der Waals surface area contributed by atoms with Crippen molar-refractivity contribution in [1.29, 1.82) is 0 Å². The lowest BCUT2D eigenvalue weighted by molar-refractivity contribution is 0.0300. The number of morpholine rings is 1. The molecule has 1 aliphatic heterocycles. The summed E-state index contributed by atoms with van der Waals surface area (Å²) in [6, 6.07) is 4.71. The second kappa shape index (κ2) is 7.29. The number of amides is 1. The molecule has 1 amide bonds. The summed E-state index contributed by atoms with van der Waals surface area (Å²) in [5.41, 5.74) is 0.132. The van der Waals surface area contributed by atoms with Gasteiger partial charge in [-0.15, -0.1) is 5.10 Å². The number of nitrogens with one attached hydrogen (secondary N) is 1. The topological polar surface area (TPSA) is 101 Å². The van der Waals surface area contributed by atoms with Gasteiger partial charge >= 0.3 is 0 Å². The maximum Gasteiger partial charge on any atom is 0.263 e. The molecule has 24 heavy (non-hydrogen) atoms. The van der Waals surface area contributed by atoms with Crippen molar-refractivity contribution < 1.29 is 17.9 Å². The highest BCUT2D eigenvalue weighted by atomic mass is 127. The van der Waals surface area contributed by atoms with E-state index in [9.17, 15) is 13.2 Å². The lowest BCUT2D eigenvalue weighted by Crippen LogP contribution is -2.41. The van der Waals surface area contributed by atoms with Gasteiger partial charge in [-0.3, -0.25) is 9.52 Å². The first-order valence-electron chi connectivity index (χ1n) is 6.94. The molecule has 0 aliphatic carbocycles. The molecule has 11 heteroatoms. The summed E-state index contributed by atoms with van der Waals surface area (Å²) in [7, 11) is -3.95. The molecule has 1 saturated heterocycles. The Morgan fingerprint density at radius 2 is 2.08 bits per heavy atom. The van der Waals surface area contributed by atoms with Gasteiger partial charge in [0.1, 0.15) is 4.90 Å². The molecule has 1 fully saturated rings.